The molecule has 1 N–H and O–H groups in total. The van der Waals surface area contributed by atoms with E-state index < -0.39 is 11.2 Å². The zero-order valence-corrected chi connectivity index (χ0v) is 28.3. The smallest absolute Gasteiger partial charge is 0.166 e. The molecule has 0 atom stereocenters. The number of hydrogen-bond donors (Lipinski definition) is 1. The van der Waals surface area contributed by atoms with Crippen molar-refractivity contribution in [2.75, 3.05) is 0 Å². The lowest BCUT2D eigenvalue weighted by atomic mass is 9.91. The van der Waals surface area contributed by atoms with E-state index in [1.807, 2.05) is 93.5 Å². The fourth-order valence-electron chi connectivity index (χ4n) is 4.07. The lowest BCUT2D eigenvalue weighted by Crippen LogP contribution is -2.31. The summed E-state index contributed by atoms with van der Waals surface area (Å²) in [6.45, 7) is 19.7. The highest BCUT2D eigenvalue weighted by Gasteiger charge is 2.30. The van der Waals surface area contributed by atoms with Gasteiger partial charge in [0.1, 0.15) is 11.2 Å². The van der Waals surface area contributed by atoms with Gasteiger partial charge in [0.15, 0.2) is 4.34 Å². The van der Waals surface area contributed by atoms with Gasteiger partial charge in [-0.1, -0.05) is 49.6 Å². The Bertz CT molecular complexity index is 1140. The minimum absolute atomic E-state index is 0.363. The van der Waals surface area contributed by atoms with E-state index in [4.69, 9.17) is 19.6 Å². The number of aromatic nitrogens is 1. The van der Waals surface area contributed by atoms with Crippen LogP contribution in [0.4, 0.5) is 0 Å². The minimum Gasteiger partial charge on any atom is -0.255 e. The van der Waals surface area contributed by atoms with Crippen LogP contribution in [0.15, 0.2) is 52.9 Å². The number of rotatable bonds is 9. The molecule has 2 aromatic carbocycles. The third kappa shape index (κ3) is 11.6. The Kier molecular flexibility index (Phi) is 11.9. The molecule has 0 amide bonds. The van der Waals surface area contributed by atoms with Crippen LogP contribution < -0.4 is 4.72 Å². The lowest BCUT2D eigenvalue weighted by Gasteiger charge is -2.32. The monoisotopic (exact) mass is 602 g/mol. The van der Waals surface area contributed by atoms with Gasteiger partial charge in [-0.15, -0.1) is 11.3 Å². The van der Waals surface area contributed by atoms with E-state index >= 15 is 0 Å². The first kappa shape index (κ1) is 34.0. The van der Waals surface area contributed by atoms with Crippen molar-refractivity contribution in [1.29, 1.82) is 0 Å². The summed E-state index contributed by atoms with van der Waals surface area (Å²) in [7, 11) is 0. The van der Waals surface area contributed by atoms with E-state index in [0.717, 1.165) is 21.0 Å². The minimum atomic E-state index is -0.579. The number of hydrogen-bond acceptors (Lipinski definition) is 8. The molecule has 1 saturated carbocycles. The fourth-order valence-corrected chi connectivity index (χ4v) is 6.00. The number of nitrogens with one attached hydrogen (secondary N) is 1. The van der Waals surface area contributed by atoms with Crippen molar-refractivity contribution in [3.05, 3.63) is 59.7 Å². The molecule has 0 unspecified atom stereocenters. The summed E-state index contributed by atoms with van der Waals surface area (Å²) in [5.74, 6) is 0. The predicted molar refractivity (Wildman–Crippen MR) is 172 cm³/mol. The summed E-state index contributed by atoms with van der Waals surface area (Å²) in [4.78, 5) is 27.0. The maximum Gasteiger partial charge on any atom is 0.166 e. The van der Waals surface area contributed by atoms with Gasteiger partial charge in [-0.25, -0.2) is 24.5 Å². The van der Waals surface area contributed by atoms with Crippen molar-refractivity contribution >= 4 is 33.5 Å². The van der Waals surface area contributed by atoms with Crippen LogP contribution in [0.2, 0.25) is 0 Å². The molecule has 0 aliphatic heterocycles. The average molecular weight is 603 g/mol. The molecule has 1 aliphatic rings. The summed E-state index contributed by atoms with van der Waals surface area (Å²) in [5.41, 5.74) is 1.25. The van der Waals surface area contributed by atoms with Crippen LogP contribution in [0.5, 0.6) is 0 Å². The Hall–Kier alpha value is -1.52. The molecule has 0 radical (unpaired) electrons. The van der Waals surface area contributed by atoms with Gasteiger partial charge in [0.2, 0.25) is 0 Å². The SMILES string of the molecule is CC(C)(C)OOC(C)(C)c1cccc(C(C)(C)OOC(C)(C)C)c1.c1ccc2sc(SNC3CCCCC3)nc2c1. The molecule has 0 saturated heterocycles. The predicted octanol–water partition coefficient (Wildman–Crippen LogP) is 9.88. The second kappa shape index (κ2) is 14.3. The van der Waals surface area contributed by atoms with E-state index in [2.05, 4.69) is 34.0 Å². The maximum absolute atomic E-state index is 5.69. The Morgan fingerprint density at radius 3 is 1.76 bits per heavy atom. The largest absolute Gasteiger partial charge is 0.255 e. The van der Waals surface area contributed by atoms with Gasteiger partial charge < -0.3 is 0 Å². The molecule has 1 aromatic heterocycles. The van der Waals surface area contributed by atoms with Crippen LogP contribution in [-0.4, -0.2) is 22.2 Å². The first-order valence-electron chi connectivity index (χ1n) is 14.7. The summed E-state index contributed by atoms with van der Waals surface area (Å²) >= 11 is 3.49. The molecule has 1 aliphatic carbocycles. The number of fused-ring (bicyclic) bond motifs is 1. The molecule has 3 aromatic rings. The molecule has 8 heteroatoms. The van der Waals surface area contributed by atoms with Gasteiger partial charge in [-0.2, -0.15) is 0 Å². The molecular formula is C33H50N2O4S2. The molecule has 1 heterocycles. The molecule has 228 valence electrons. The van der Waals surface area contributed by atoms with E-state index in [9.17, 15) is 0 Å². The first-order valence-corrected chi connectivity index (χ1v) is 16.3. The topological polar surface area (TPSA) is 61.8 Å². The van der Waals surface area contributed by atoms with Crippen molar-refractivity contribution < 1.29 is 19.6 Å². The van der Waals surface area contributed by atoms with Crippen LogP contribution in [0.25, 0.3) is 10.2 Å². The number of benzene rings is 2. The maximum atomic E-state index is 5.69. The van der Waals surface area contributed by atoms with Crippen LogP contribution in [0.3, 0.4) is 0 Å². The molecule has 4 rings (SSSR count). The Labute approximate surface area is 255 Å². The normalized spacial score (nSPS) is 15.6. The number of para-hydroxylation sites is 1. The van der Waals surface area contributed by atoms with Gasteiger partial charge in [-0.05, 0) is 123 Å². The summed E-state index contributed by atoms with van der Waals surface area (Å²) in [5, 5.41) is 0. The molecule has 0 spiro atoms. The van der Waals surface area contributed by atoms with Gasteiger partial charge in [0.05, 0.1) is 21.4 Å². The molecular weight excluding hydrogens is 553 g/mol. The van der Waals surface area contributed by atoms with E-state index in [0.29, 0.717) is 6.04 Å². The third-order valence-corrected chi connectivity index (χ3v) is 8.49. The Morgan fingerprint density at radius 1 is 0.707 bits per heavy atom. The van der Waals surface area contributed by atoms with E-state index in [-0.39, 0.29) is 11.2 Å². The second-order valence-corrected chi connectivity index (χ2v) is 15.8. The summed E-state index contributed by atoms with van der Waals surface area (Å²) in [6, 6.07) is 17.1. The Morgan fingerprint density at radius 2 is 1.24 bits per heavy atom. The molecule has 0 bridgehead atoms. The Balaban J connectivity index is 0.000000237. The van der Waals surface area contributed by atoms with Crippen molar-refractivity contribution in [3.8, 4) is 0 Å². The fraction of sp³-hybridized carbons (Fsp3) is 0.606. The van der Waals surface area contributed by atoms with Crippen molar-refractivity contribution in [2.45, 2.75) is 134 Å². The van der Waals surface area contributed by atoms with Crippen molar-refractivity contribution in [1.82, 2.24) is 9.71 Å². The van der Waals surface area contributed by atoms with Crippen LogP contribution in [0, 0.1) is 0 Å². The average Bonchev–Trinajstić information content (AvgIpc) is 3.33. The summed E-state index contributed by atoms with van der Waals surface area (Å²) < 4.78 is 5.98. The van der Waals surface area contributed by atoms with E-state index in [1.165, 1.54) is 36.8 Å². The van der Waals surface area contributed by atoms with Gasteiger partial charge >= 0.3 is 0 Å². The van der Waals surface area contributed by atoms with Crippen molar-refractivity contribution in [2.24, 2.45) is 0 Å². The third-order valence-electron chi connectivity index (χ3n) is 6.45. The number of thiazole rings is 1. The van der Waals surface area contributed by atoms with Crippen LogP contribution >= 0.6 is 23.3 Å². The molecule has 41 heavy (non-hydrogen) atoms. The highest BCUT2D eigenvalue weighted by molar-refractivity contribution is 7.99. The van der Waals surface area contributed by atoms with Gasteiger partial charge in [0, 0.05) is 6.04 Å². The zero-order chi connectivity index (χ0) is 30.3. The number of nitrogens with zero attached hydrogens (tertiary/aromatic N) is 1. The van der Waals surface area contributed by atoms with E-state index in [1.54, 1.807) is 23.3 Å². The second-order valence-electron chi connectivity index (χ2n) is 13.7. The summed E-state index contributed by atoms with van der Waals surface area (Å²) in [6.07, 6.45) is 6.79. The quantitative estimate of drug-likeness (QED) is 0.149. The van der Waals surface area contributed by atoms with Crippen molar-refractivity contribution in [3.63, 3.8) is 0 Å². The standard InChI is InChI=1S/C20H34O4.C13H16N2S2/c1-17(2,3)21-23-19(7,8)15-12-11-13-16(14-15)20(9,10)24-22-18(4,5)6;1-2-6-10(7-3-1)15-17-13-14-11-8-4-5-9-12(11)16-13/h11-14H,1-10H3;4-5,8-10,15H,1-3,6-7H2. The van der Waals surface area contributed by atoms with Crippen LogP contribution in [0.1, 0.15) is 112 Å². The first-order chi connectivity index (χ1) is 19.0. The highest BCUT2D eigenvalue weighted by Crippen LogP contribution is 2.33. The van der Waals surface area contributed by atoms with Gasteiger partial charge in [-0.3, -0.25) is 4.72 Å². The molecule has 1 fully saturated rings. The zero-order valence-electron chi connectivity index (χ0n) is 26.6. The van der Waals surface area contributed by atoms with Gasteiger partial charge in [0.25, 0.3) is 0 Å². The highest BCUT2D eigenvalue weighted by atomic mass is 32.2. The van der Waals surface area contributed by atoms with Crippen LogP contribution in [-0.2, 0) is 30.8 Å². The lowest BCUT2D eigenvalue weighted by molar-refractivity contribution is -0.403. The molecule has 6 nitrogen and oxygen atoms in total.